The van der Waals surface area contributed by atoms with E-state index >= 15 is 4.79 Å². The number of nitrogens with one attached hydrogen (secondary N) is 4. The van der Waals surface area contributed by atoms with Crippen molar-refractivity contribution >= 4 is 41.4 Å². The van der Waals surface area contributed by atoms with Crippen molar-refractivity contribution in [2.75, 3.05) is 59.5 Å². The van der Waals surface area contributed by atoms with Gasteiger partial charge >= 0.3 is 5.97 Å². The first kappa shape index (κ1) is 73.9. The minimum atomic E-state index is -1.93. The molecule has 32 nitrogen and oxygen atoms in total. The highest BCUT2D eigenvalue weighted by Gasteiger charge is 2.49. The highest BCUT2D eigenvalue weighted by molar-refractivity contribution is 6.06. The summed E-state index contributed by atoms with van der Waals surface area (Å²) in [5.41, 5.74) is 8.74. The van der Waals surface area contributed by atoms with Crippen molar-refractivity contribution in [3.8, 4) is 0 Å². The van der Waals surface area contributed by atoms with Crippen molar-refractivity contribution in [2.24, 2.45) is 21.8 Å². The van der Waals surface area contributed by atoms with Crippen molar-refractivity contribution in [3.63, 3.8) is 0 Å². The predicted molar refractivity (Wildman–Crippen MR) is 333 cm³/mol. The number of fused-ring (bicyclic) bond motifs is 6. The van der Waals surface area contributed by atoms with Crippen LogP contribution in [0.3, 0.4) is 0 Å². The van der Waals surface area contributed by atoms with Crippen LogP contribution in [-0.2, 0) is 46.1 Å². The molecule has 32 heteroatoms. The number of ether oxygens (including phenoxy) is 5. The number of esters is 1. The van der Waals surface area contributed by atoms with E-state index < -0.39 is 158 Å². The van der Waals surface area contributed by atoms with Crippen molar-refractivity contribution in [3.05, 3.63) is 68.5 Å². The number of methoxy groups -OCH3 is 1. The SMILES string of the molecule is C=Cc1c2[nH]c(c1C)C=C1N=C(C(CC(=O)OC)c3[nH]c(c(C)c3C(=O)NCCN(C[C@H]3OC(O)[C@H](O)[C@@H](O)[C@H]3O)C[C@H]3OC(O)[C@H](O)[C@@H](O)[C@H]3O)CC3=NC(C2)C(C)=C3CC)[C@@H](CCC(=O)NCCN(C[C@H]2OC(O)[C@H](O)[C@@H](O)[C@H]2O)C[C@H]2OC(O)[C@H](O)[C@@H](O)[C@H]2O)[C@@H]1C. The van der Waals surface area contributed by atoms with Crippen LogP contribution >= 0.6 is 0 Å². The zero-order chi connectivity index (χ0) is 69.3. The second-order valence-corrected chi connectivity index (χ2v) is 25.9. The monoisotopic (exact) mass is 1350 g/mol. The van der Waals surface area contributed by atoms with Crippen molar-refractivity contribution < 1.29 is 120 Å². The summed E-state index contributed by atoms with van der Waals surface area (Å²) in [7, 11) is 1.22. The van der Waals surface area contributed by atoms with Gasteiger partial charge < -0.3 is 126 Å². The Morgan fingerprint density at radius 1 is 0.663 bits per heavy atom. The van der Waals surface area contributed by atoms with Crippen LogP contribution in [0, 0.1) is 25.7 Å². The maximum atomic E-state index is 15.3. The lowest BCUT2D eigenvalue weighted by Gasteiger charge is -2.43. The molecule has 2 aromatic rings. The number of nitrogens with zero attached hydrogens (tertiary/aromatic N) is 4. The van der Waals surface area contributed by atoms with Gasteiger partial charge in [0.2, 0.25) is 5.91 Å². The number of H-pyrrole nitrogens is 2. The van der Waals surface area contributed by atoms with Crippen LogP contribution in [0.4, 0.5) is 0 Å². The molecule has 7 aliphatic rings. The van der Waals surface area contributed by atoms with Crippen LogP contribution in [-0.4, -0.2) is 319 Å². The average Bonchev–Trinajstić information content (AvgIpc) is 1.61. The Kier molecular flexibility index (Phi) is 24.3. The third kappa shape index (κ3) is 15.7. The Hall–Kier alpha value is -5.35. The summed E-state index contributed by atoms with van der Waals surface area (Å²) in [6, 6.07) is -0.270. The van der Waals surface area contributed by atoms with E-state index in [0.29, 0.717) is 35.5 Å². The number of carbonyl (C=O) groups excluding carboxylic acids is 3. The predicted octanol–water partition coefficient (Wildman–Crippen LogP) is -5.92. The van der Waals surface area contributed by atoms with E-state index in [-0.39, 0.29) is 95.3 Å². The Balaban J connectivity index is 1.04. The first-order valence-corrected chi connectivity index (χ1v) is 32.2. The van der Waals surface area contributed by atoms with Crippen LogP contribution in [0.2, 0.25) is 0 Å². The lowest BCUT2D eigenvalue weighted by molar-refractivity contribution is -0.291. The van der Waals surface area contributed by atoms with Gasteiger partial charge in [0.05, 0.1) is 25.1 Å². The Labute approximate surface area is 547 Å². The smallest absolute Gasteiger partial charge is 0.306 e. The number of aliphatic hydroxyl groups is 16. The molecule has 530 valence electrons. The van der Waals surface area contributed by atoms with Crippen LogP contribution in [0.1, 0.15) is 102 Å². The fraction of sp³-hybridized carbons (Fsp3) is 0.698. The van der Waals surface area contributed by atoms with Crippen LogP contribution in [0.15, 0.2) is 33.4 Å². The van der Waals surface area contributed by atoms with E-state index in [2.05, 4.69) is 34.1 Å². The molecule has 8 bridgehead atoms. The lowest BCUT2D eigenvalue weighted by Crippen LogP contribution is -2.62. The van der Waals surface area contributed by atoms with Crippen molar-refractivity contribution in [1.29, 1.82) is 0 Å². The molecule has 95 heavy (non-hydrogen) atoms. The Morgan fingerprint density at radius 3 is 1.59 bits per heavy atom. The first-order chi connectivity index (χ1) is 45.0. The zero-order valence-corrected chi connectivity index (χ0v) is 53.8. The molecule has 0 aromatic carbocycles. The van der Waals surface area contributed by atoms with Gasteiger partial charge in [-0.3, -0.25) is 34.2 Å². The number of aliphatic imine (C=N–C) groups is 2. The van der Waals surface area contributed by atoms with Crippen LogP contribution in [0.5, 0.6) is 0 Å². The summed E-state index contributed by atoms with van der Waals surface area (Å²) >= 11 is 0. The first-order valence-electron chi connectivity index (χ1n) is 32.2. The molecule has 9 rings (SSSR count). The molecule has 7 aliphatic heterocycles. The molecule has 0 spiro atoms. The molecule has 6 unspecified atom stereocenters. The van der Waals surface area contributed by atoms with Crippen molar-refractivity contribution in [2.45, 2.75) is 208 Å². The fourth-order valence-corrected chi connectivity index (χ4v) is 14.1. The van der Waals surface area contributed by atoms with Gasteiger partial charge in [-0.15, -0.1) is 0 Å². The van der Waals surface area contributed by atoms with Gasteiger partial charge in [0.15, 0.2) is 25.2 Å². The minimum Gasteiger partial charge on any atom is -0.469 e. The van der Waals surface area contributed by atoms with Gasteiger partial charge in [-0.2, -0.15) is 0 Å². The number of aliphatic hydroxyl groups excluding tert-OH is 16. The Bertz CT molecular complexity index is 3120. The average molecular weight is 1350 g/mol. The molecule has 2 amide bonds. The van der Waals surface area contributed by atoms with E-state index in [9.17, 15) is 91.3 Å². The van der Waals surface area contributed by atoms with E-state index in [1.165, 1.54) is 16.9 Å². The number of carbonyl (C=O) groups is 3. The molecule has 4 saturated heterocycles. The number of allylic oxidation sites excluding steroid dienone is 2. The number of aromatic amines is 2. The zero-order valence-electron chi connectivity index (χ0n) is 53.8. The molecular formula is C63H94N8O24. The Morgan fingerprint density at radius 2 is 1.14 bits per heavy atom. The second-order valence-electron chi connectivity index (χ2n) is 25.9. The molecule has 24 atom stereocenters. The number of rotatable bonds is 22. The second kappa shape index (κ2) is 31.2. The summed E-state index contributed by atoms with van der Waals surface area (Å²) in [4.78, 5) is 64.4. The number of hydrogen-bond donors (Lipinski definition) is 20. The van der Waals surface area contributed by atoms with E-state index in [1.54, 1.807) is 13.0 Å². The van der Waals surface area contributed by atoms with E-state index in [4.69, 9.17) is 33.7 Å². The van der Waals surface area contributed by atoms with Gasteiger partial charge in [0.25, 0.3) is 5.91 Å². The maximum Gasteiger partial charge on any atom is 0.306 e. The van der Waals surface area contributed by atoms with Gasteiger partial charge in [-0.05, 0) is 67.5 Å². The summed E-state index contributed by atoms with van der Waals surface area (Å²) in [6.45, 7) is 12.0. The summed E-state index contributed by atoms with van der Waals surface area (Å²) in [6.07, 6.45) is -30.3. The maximum absolute atomic E-state index is 15.3. The molecule has 2 aromatic heterocycles. The molecule has 9 heterocycles. The fourth-order valence-electron chi connectivity index (χ4n) is 14.1. The van der Waals surface area contributed by atoms with E-state index in [1.807, 2.05) is 26.8 Å². The largest absolute Gasteiger partial charge is 0.469 e. The highest BCUT2D eigenvalue weighted by atomic mass is 16.7. The topological polar surface area (TPSA) is 508 Å². The quantitative estimate of drug-likeness (QED) is 0.0488. The molecule has 4 fully saturated rings. The van der Waals surface area contributed by atoms with Gasteiger partial charge in [0, 0.05) is 129 Å². The lowest BCUT2D eigenvalue weighted by atomic mass is 9.78. The number of aromatic nitrogens is 2. The summed E-state index contributed by atoms with van der Waals surface area (Å²) in [5.74, 6) is -3.89. The van der Waals surface area contributed by atoms with Crippen LogP contribution < -0.4 is 10.6 Å². The van der Waals surface area contributed by atoms with E-state index in [0.717, 1.165) is 39.4 Å². The molecule has 20 N–H and O–H groups in total. The molecule has 0 saturated carbocycles. The third-order valence-corrected chi connectivity index (χ3v) is 19.9. The third-order valence-electron chi connectivity index (χ3n) is 19.9. The molecule has 0 aliphatic carbocycles. The standard InChI is InChI=1S/C63H94N8O24/c1-8-28-24(3)32-17-34-26(5)30(10-11-42(72)64-12-14-70(20-38-47(74)51(78)55(82)60(87)92-38)21-39-48(75)52(79)56(83)61(88)93-39)45(68-34)31(16-43(73)91-7)46-44(27(6)35(69-46)19-37-29(9-2)25(4)33(67-37)18-36(28)66-32)59(86)65-13-15-71(22-40-49(76)53(80)57(84)62(89)94-40)23-41-50(77)54(81)58(85)63(90)95-41/h8,17,26,30-31,33,38-41,47-58,60-63,66,69,74-85,87-90H,1,9-16,18-23H2,2-7H3,(H,64,72)(H,65,86)/t26-,30-,31?,33?,38+,39+,40+,41+,47-,48-,49-,50-,51-,52-,53-,54-,55+,56+,57+,58+,60?,61?,62?,63?/m0/s1. The van der Waals surface area contributed by atoms with Gasteiger partial charge in [0.1, 0.15) is 97.7 Å². The van der Waals surface area contributed by atoms with Gasteiger partial charge in [-0.25, -0.2) is 0 Å². The highest BCUT2D eigenvalue weighted by Crippen LogP contribution is 2.44. The van der Waals surface area contributed by atoms with Crippen molar-refractivity contribution in [1.82, 2.24) is 30.4 Å². The number of hydrogen-bond acceptors (Lipinski definition) is 28. The van der Waals surface area contributed by atoms with Crippen LogP contribution in [0.25, 0.3) is 12.2 Å². The number of amides is 2. The molecule has 0 radical (unpaired) electrons. The normalized spacial score (nSPS) is 36.7. The summed E-state index contributed by atoms with van der Waals surface area (Å²) < 4.78 is 27.2. The van der Waals surface area contributed by atoms with Gasteiger partial charge in [-0.1, -0.05) is 26.5 Å². The molecular weight excluding hydrogens is 1250 g/mol. The minimum absolute atomic E-state index is 0.0897. The summed E-state index contributed by atoms with van der Waals surface area (Å²) in [5, 5.41) is 174.